The largest absolute Gasteiger partial charge is 0.493 e. The van der Waals surface area contributed by atoms with Crippen molar-refractivity contribution in [3.8, 4) is 5.75 Å². The molecule has 1 aromatic carbocycles. The van der Waals surface area contributed by atoms with Crippen molar-refractivity contribution in [2.75, 3.05) is 31.1 Å². The SMILES string of the molecule is O=C(Cc1ccc(OCC[C@@H]2C[C@@H]2C2CCN(c3ncc(Cl)cn3)CC2)cc1F)NCC(F)(F)F. The molecule has 2 heterocycles. The molecule has 1 saturated heterocycles. The van der Waals surface area contributed by atoms with E-state index in [9.17, 15) is 22.4 Å². The number of rotatable bonds is 9. The predicted molar refractivity (Wildman–Crippen MR) is 123 cm³/mol. The van der Waals surface area contributed by atoms with Gasteiger partial charge in [0, 0.05) is 19.2 Å². The molecule has 2 aromatic rings. The molecule has 1 aliphatic carbocycles. The molecule has 190 valence electrons. The second-order valence-electron chi connectivity index (χ2n) is 9.14. The maximum Gasteiger partial charge on any atom is 0.405 e. The highest BCUT2D eigenvalue weighted by Gasteiger charge is 2.43. The first-order valence-corrected chi connectivity index (χ1v) is 12.0. The quantitative estimate of drug-likeness (QED) is 0.486. The number of carbonyl (C=O) groups is 1. The van der Waals surface area contributed by atoms with E-state index < -0.39 is 30.9 Å². The van der Waals surface area contributed by atoms with Gasteiger partial charge in [0.2, 0.25) is 11.9 Å². The first-order chi connectivity index (χ1) is 16.7. The van der Waals surface area contributed by atoms with Crippen LogP contribution in [-0.4, -0.2) is 48.3 Å². The van der Waals surface area contributed by atoms with E-state index >= 15 is 0 Å². The Hall–Kier alpha value is -2.62. The van der Waals surface area contributed by atoms with Crippen molar-refractivity contribution in [2.45, 2.75) is 38.3 Å². The van der Waals surface area contributed by atoms with E-state index in [0.717, 1.165) is 32.4 Å². The van der Waals surface area contributed by atoms with Gasteiger partial charge in [-0.05, 0) is 55.1 Å². The molecular formula is C24H27ClF4N4O2. The number of hydrogen-bond donors (Lipinski definition) is 1. The summed E-state index contributed by atoms with van der Waals surface area (Å²) in [5, 5.41) is 2.26. The van der Waals surface area contributed by atoms with Gasteiger partial charge in [-0.1, -0.05) is 17.7 Å². The average molecular weight is 515 g/mol. The van der Waals surface area contributed by atoms with Crippen LogP contribution < -0.4 is 15.0 Å². The number of carbonyl (C=O) groups excluding carboxylic acids is 1. The minimum Gasteiger partial charge on any atom is -0.493 e. The van der Waals surface area contributed by atoms with Gasteiger partial charge in [-0.2, -0.15) is 13.2 Å². The highest BCUT2D eigenvalue weighted by molar-refractivity contribution is 6.30. The number of nitrogens with zero attached hydrogens (tertiary/aromatic N) is 3. The van der Waals surface area contributed by atoms with E-state index in [-0.39, 0.29) is 5.56 Å². The first kappa shape index (κ1) is 25.5. The molecule has 2 aliphatic rings. The Morgan fingerprint density at radius 2 is 1.91 bits per heavy atom. The van der Waals surface area contributed by atoms with Crippen LogP contribution in [0.2, 0.25) is 5.02 Å². The van der Waals surface area contributed by atoms with Crippen LogP contribution in [0.3, 0.4) is 0 Å². The standard InChI is InChI=1S/C24H27ClF4N4O2/c25-18-12-30-23(31-13-18)33-6-3-15(4-7-33)20-9-16(20)5-8-35-19-2-1-17(21(26)11-19)10-22(34)32-14-24(27,28)29/h1-2,11-13,15-16,20H,3-10,14H2,(H,32,34)/t16-,20-/m1/s1. The van der Waals surface area contributed by atoms with Crippen molar-refractivity contribution in [3.05, 3.63) is 47.0 Å². The summed E-state index contributed by atoms with van der Waals surface area (Å²) in [5.41, 5.74) is 0.0228. The molecular weight excluding hydrogens is 488 g/mol. The van der Waals surface area contributed by atoms with Gasteiger partial charge < -0.3 is 15.0 Å². The number of amides is 1. The Balaban J connectivity index is 1.15. The van der Waals surface area contributed by atoms with E-state index in [1.54, 1.807) is 17.7 Å². The Labute approximate surface area is 206 Å². The van der Waals surface area contributed by atoms with E-state index in [1.807, 2.05) is 0 Å². The molecule has 0 bridgehead atoms. The summed E-state index contributed by atoms with van der Waals surface area (Å²) < 4.78 is 56.5. The average Bonchev–Trinajstić information content (AvgIpc) is 3.59. The number of ether oxygens (including phenoxy) is 1. The van der Waals surface area contributed by atoms with E-state index in [0.29, 0.717) is 41.1 Å². The maximum absolute atomic E-state index is 14.3. The second-order valence-corrected chi connectivity index (χ2v) is 9.58. The summed E-state index contributed by atoms with van der Waals surface area (Å²) >= 11 is 5.86. The lowest BCUT2D eigenvalue weighted by Crippen LogP contribution is -2.35. The van der Waals surface area contributed by atoms with Crippen molar-refractivity contribution < 1.29 is 27.1 Å². The van der Waals surface area contributed by atoms with Crippen LogP contribution >= 0.6 is 11.6 Å². The van der Waals surface area contributed by atoms with Gasteiger partial charge in [0.15, 0.2) is 0 Å². The number of benzene rings is 1. The van der Waals surface area contributed by atoms with Gasteiger partial charge >= 0.3 is 6.18 Å². The van der Waals surface area contributed by atoms with Gasteiger partial charge in [0.1, 0.15) is 18.1 Å². The summed E-state index contributed by atoms with van der Waals surface area (Å²) in [4.78, 5) is 22.4. The third kappa shape index (κ3) is 7.43. The molecule has 1 saturated carbocycles. The van der Waals surface area contributed by atoms with Crippen LogP contribution in [0.25, 0.3) is 0 Å². The lowest BCUT2D eigenvalue weighted by molar-refractivity contribution is -0.138. The number of aromatic nitrogens is 2. The molecule has 1 N–H and O–H groups in total. The zero-order chi connectivity index (χ0) is 25.0. The number of anilines is 1. The lowest BCUT2D eigenvalue weighted by Gasteiger charge is -2.32. The van der Waals surface area contributed by atoms with Crippen molar-refractivity contribution in [1.29, 1.82) is 0 Å². The minimum absolute atomic E-state index is 0.0228. The molecule has 1 aliphatic heterocycles. The highest BCUT2D eigenvalue weighted by atomic mass is 35.5. The van der Waals surface area contributed by atoms with Crippen molar-refractivity contribution in [2.24, 2.45) is 17.8 Å². The van der Waals surface area contributed by atoms with Gasteiger partial charge in [0.25, 0.3) is 0 Å². The van der Waals surface area contributed by atoms with Crippen LogP contribution in [0, 0.1) is 23.6 Å². The molecule has 6 nitrogen and oxygen atoms in total. The molecule has 1 amide bonds. The maximum atomic E-state index is 14.3. The third-order valence-corrected chi connectivity index (χ3v) is 6.83. The fourth-order valence-electron chi connectivity index (χ4n) is 4.70. The van der Waals surface area contributed by atoms with E-state index in [1.165, 1.54) is 24.6 Å². The summed E-state index contributed by atoms with van der Waals surface area (Å²) in [6.45, 7) is 0.869. The summed E-state index contributed by atoms with van der Waals surface area (Å²) in [5.74, 6) is 1.44. The zero-order valence-electron chi connectivity index (χ0n) is 19.0. The number of nitrogens with one attached hydrogen (secondary N) is 1. The number of piperidine rings is 1. The van der Waals surface area contributed by atoms with Gasteiger partial charge in [-0.3, -0.25) is 4.79 Å². The fraction of sp³-hybridized carbons (Fsp3) is 0.542. The Morgan fingerprint density at radius 1 is 1.20 bits per heavy atom. The smallest absolute Gasteiger partial charge is 0.405 e. The molecule has 0 radical (unpaired) electrons. The molecule has 0 spiro atoms. The molecule has 4 rings (SSSR count). The fourth-order valence-corrected chi connectivity index (χ4v) is 4.80. The number of alkyl halides is 3. The minimum atomic E-state index is -4.50. The van der Waals surface area contributed by atoms with Crippen molar-refractivity contribution in [1.82, 2.24) is 15.3 Å². The van der Waals surface area contributed by atoms with Crippen LogP contribution in [0.15, 0.2) is 30.6 Å². The molecule has 35 heavy (non-hydrogen) atoms. The molecule has 11 heteroatoms. The molecule has 0 unspecified atom stereocenters. The van der Waals surface area contributed by atoms with Crippen molar-refractivity contribution in [3.63, 3.8) is 0 Å². The Bertz CT molecular complexity index is 1010. The molecule has 1 aromatic heterocycles. The lowest BCUT2D eigenvalue weighted by atomic mass is 9.90. The monoisotopic (exact) mass is 514 g/mol. The van der Waals surface area contributed by atoms with Crippen LogP contribution in [-0.2, 0) is 11.2 Å². The molecule has 2 fully saturated rings. The second kappa shape index (κ2) is 11.0. The third-order valence-electron chi connectivity index (χ3n) is 6.63. The summed E-state index contributed by atoms with van der Waals surface area (Å²) in [6, 6.07) is 4.08. The predicted octanol–water partition coefficient (Wildman–Crippen LogP) is 4.81. The van der Waals surface area contributed by atoms with Gasteiger partial charge in [-0.15, -0.1) is 0 Å². The van der Waals surface area contributed by atoms with Crippen LogP contribution in [0.5, 0.6) is 5.75 Å². The summed E-state index contributed by atoms with van der Waals surface area (Å²) in [6.07, 6.45) is 2.50. The van der Waals surface area contributed by atoms with Gasteiger partial charge in [-0.25, -0.2) is 14.4 Å². The first-order valence-electron chi connectivity index (χ1n) is 11.6. The number of halogens is 5. The Morgan fingerprint density at radius 3 is 2.57 bits per heavy atom. The normalized spacial score (nSPS) is 20.5. The Kier molecular flexibility index (Phi) is 7.98. The summed E-state index contributed by atoms with van der Waals surface area (Å²) in [7, 11) is 0. The van der Waals surface area contributed by atoms with Gasteiger partial charge in [0.05, 0.1) is 30.4 Å². The topological polar surface area (TPSA) is 67.3 Å². The zero-order valence-corrected chi connectivity index (χ0v) is 19.8. The van der Waals surface area contributed by atoms with E-state index in [2.05, 4.69) is 14.9 Å². The van der Waals surface area contributed by atoms with Crippen molar-refractivity contribution >= 4 is 23.5 Å². The molecule has 2 atom stereocenters. The van der Waals surface area contributed by atoms with Crippen LogP contribution in [0.1, 0.15) is 31.2 Å². The van der Waals surface area contributed by atoms with E-state index in [4.69, 9.17) is 16.3 Å². The highest BCUT2D eigenvalue weighted by Crippen LogP contribution is 2.49. The van der Waals surface area contributed by atoms with Crippen LogP contribution in [0.4, 0.5) is 23.5 Å². The number of hydrogen-bond acceptors (Lipinski definition) is 5.